The third-order valence-corrected chi connectivity index (χ3v) is 8.43. The molecule has 0 radical (unpaired) electrons. The van der Waals surface area contributed by atoms with Gasteiger partial charge in [-0.15, -0.1) is 11.3 Å². The van der Waals surface area contributed by atoms with E-state index in [1.54, 1.807) is 0 Å². The normalized spacial score (nSPS) is 18.3. The number of aromatic nitrogens is 2. The van der Waals surface area contributed by atoms with Crippen LogP contribution in [0.1, 0.15) is 54.1 Å². The summed E-state index contributed by atoms with van der Waals surface area (Å²) in [5.41, 5.74) is 4.75. The minimum atomic E-state index is -0.0238. The van der Waals surface area contributed by atoms with Crippen molar-refractivity contribution in [2.24, 2.45) is 5.92 Å². The molecule has 1 aromatic carbocycles. The number of carbonyl (C=O) groups is 1. The van der Waals surface area contributed by atoms with Crippen LogP contribution in [-0.2, 0) is 19.3 Å². The fourth-order valence-corrected chi connectivity index (χ4v) is 6.47. The second kappa shape index (κ2) is 9.53. The highest BCUT2D eigenvalue weighted by Crippen LogP contribution is 2.41. The van der Waals surface area contributed by atoms with E-state index < -0.39 is 0 Å². The van der Waals surface area contributed by atoms with Crippen LogP contribution in [0, 0.1) is 19.8 Å². The molecule has 3 heterocycles. The van der Waals surface area contributed by atoms with Crippen molar-refractivity contribution in [3.05, 3.63) is 45.6 Å². The number of amides is 2. The maximum absolute atomic E-state index is 12.9. The molecule has 2 amide bonds. The number of nitrogens with zero attached hydrogens (tertiary/aromatic N) is 4. The van der Waals surface area contributed by atoms with Gasteiger partial charge in [0, 0.05) is 43.2 Å². The number of fused-ring (bicyclic) bond motifs is 3. The number of thiophene rings is 1. The van der Waals surface area contributed by atoms with Gasteiger partial charge in [0.05, 0.1) is 5.39 Å². The third-order valence-electron chi connectivity index (χ3n) is 7.28. The van der Waals surface area contributed by atoms with Crippen LogP contribution in [-0.4, -0.2) is 47.1 Å². The largest absolute Gasteiger partial charge is 0.352 e. The van der Waals surface area contributed by atoms with E-state index in [1.165, 1.54) is 33.4 Å². The van der Waals surface area contributed by atoms with E-state index in [9.17, 15) is 4.79 Å². The number of carbonyl (C=O) groups excluding carboxylic acids is 1. The predicted molar refractivity (Wildman–Crippen MR) is 141 cm³/mol. The lowest BCUT2D eigenvalue weighted by molar-refractivity contribution is 0.208. The summed E-state index contributed by atoms with van der Waals surface area (Å²) >= 11 is 1.88. The number of hydrogen-bond acceptors (Lipinski definition) is 5. The maximum Gasteiger partial charge on any atom is 0.321 e. The van der Waals surface area contributed by atoms with E-state index in [0.29, 0.717) is 13.1 Å². The average Bonchev–Trinajstić information content (AvgIpc) is 3.18. The van der Waals surface area contributed by atoms with Gasteiger partial charge in [-0.1, -0.05) is 19.9 Å². The van der Waals surface area contributed by atoms with Crippen LogP contribution in [0.2, 0.25) is 0 Å². The molecule has 0 spiro atoms. The lowest BCUT2D eigenvalue weighted by atomic mass is 9.89. The highest BCUT2D eigenvalue weighted by molar-refractivity contribution is 7.19. The Hall–Kier alpha value is -2.67. The average molecular weight is 478 g/mol. The first-order valence-electron chi connectivity index (χ1n) is 12.6. The van der Waals surface area contributed by atoms with Gasteiger partial charge in [-0.25, -0.2) is 14.8 Å². The molecule has 2 aliphatic rings. The first kappa shape index (κ1) is 23.1. The molecule has 1 saturated heterocycles. The van der Waals surface area contributed by atoms with Gasteiger partial charge >= 0.3 is 6.03 Å². The molecule has 1 fully saturated rings. The van der Waals surface area contributed by atoms with Gasteiger partial charge in [-0.3, -0.25) is 0 Å². The monoisotopic (exact) mass is 477 g/mol. The van der Waals surface area contributed by atoms with Gasteiger partial charge < -0.3 is 15.1 Å². The number of hydrogen-bond donors (Lipinski definition) is 1. The SMILES string of the molecule is CCCc1nc(N2CCN(C(=O)Nc3ccc(C)c(C)c3)CC2)c2c3c(sc2n1)C[C@H](C)CC3. The standard InChI is InChI=1S/C27H35N5OS/c1-5-6-23-29-25(24-21-10-7-17(2)15-22(21)34-26(24)30-23)31-11-13-32(14-12-31)27(33)28-20-9-8-18(3)19(4)16-20/h8-9,16-17H,5-7,10-15H2,1-4H3,(H,28,33)/t17-/m1/s1. The molecule has 2 aromatic heterocycles. The smallest absolute Gasteiger partial charge is 0.321 e. The predicted octanol–water partition coefficient (Wildman–Crippen LogP) is 5.74. The molecule has 0 bridgehead atoms. The van der Waals surface area contributed by atoms with E-state index in [2.05, 4.69) is 44.0 Å². The van der Waals surface area contributed by atoms with Crippen LogP contribution in [0.3, 0.4) is 0 Å². The summed E-state index contributed by atoms with van der Waals surface area (Å²) in [6.45, 7) is 11.7. The zero-order valence-corrected chi connectivity index (χ0v) is 21.6. The number of rotatable bonds is 4. The van der Waals surface area contributed by atoms with Crippen LogP contribution in [0.5, 0.6) is 0 Å². The van der Waals surface area contributed by atoms with E-state index in [4.69, 9.17) is 9.97 Å². The van der Waals surface area contributed by atoms with Gasteiger partial charge in [-0.2, -0.15) is 0 Å². The van der Waals surface area contributed by atoms with Gasteiger partial charge in [0.1, 0.15) is 16.5 Å². The van der Waals surface area contributed by atoms with Gasteiger partial charge in [-0.05, 0) is 74.3 Å². The Balaban J connectivity index is 1.35. The van der Waals surface area contributed by atoms with E-state index in [-0.39, 0.29) is 6.03 Å². The minimum absolute atomic E-state index is 0.0238. The molecule has 5 rings (SSSR count). The quantitative estimate of drug-likeness (QED) is 0.521. The molecule has 0 saturated carbocycles. The summed E-state index contributed by atoms with van der Waals surface area (Å²) in [5.74, 6) is 2.78. The van der Waals surface area contributed by atoms with Crippen molar-refractivity contribution < 1.29 is 4.79 Å². The van der Waals surface area contributed by atoms with Gasteiger partial charge in [0.15, 0.2) is 0 Å². The Morgan fingerprint density at radius 1 is 1.15 bits per heavy atom. The maximum atomic E-state index is 12.9. The van der Waals surface area contributed by atoms with Crippen molar-refractivity contribution in [2.75, 3.05) is 36.4 Å². The number of aryl methyl sites for hydroxylation is 4. The Morgan fingerprint density at radius 2 is 1.94 bits per heavy atom. The summed E-state index contributed by atoms with van der Waals surface area (Å²) in [6, 6.07) is 6.05. The molecule has 180 valence electrons. The number of benzene rings is 1. The molecular weight excluding hydrogens is 442 g/mol. The van der Waals surface area contributed by atoms with Crippen LogP contribution < -0.4 is 10.2 Å². The molecule has 3 aromatic rings. The van der Waals surface area contributed by atoms with Crippen molar-refractivity contribution in [1.82, 2.24) is 14.9 Å². The molecule has 1 N–H and O–H groups in total. The summed E-state index contributed by atoms with van der Waals surface area (Å²) in [5, 5.41) is 4.35. The highest BCUT2D eigenvalue weighted by atomic mass is 32.1. The van der Waals surface area contributed by atoms with Crippen molar-refractivity contribution in [2.45, 2.75) is 59.8 Å². The highest BCUT2D eigenvalue weighted by Gasteiger charge is 2.28. The molecule has 0 unspecified atom stereocenters. The lowest BCUT2D eigenvalue weighted by Crippen LogP contribution is -2.50. The number of anilines is 2. The third kappa shape index (κ3) is 4.50. The summed E-state index contributed by atoms with van der Waals surface area (Å²) in [4.78, 5) is 29.9. The first-order chi connectivity index (χ1) is 16.4. The topological polar surface area (TPSA) is 61.4 Å². The van der Waals surface area contributed by atoms with Crippen LogP contribution in [0.25, 0.3) is 10.2 Å². The minimum Gasteiger partial charge on any atom is -0.352 e. The molecule has 1 aliphatic heterocycles. The second-order valence-electron chi connectivity index (χ2n) is 9.95. The number of nitrogens with one attached hydrogen (secondary N) is 1. The van der Waals surface area contributed by atoms with Crippen LogP contribution in [0.15, 0.2) is 18.2 Å². The molecule has 34 heavy (non-hydrogen) atoms. The van der Waals surface area contributed by atoms with Crippen LogP contribution in [0.4, 0.5) is 16.3 Å². The Kier molecular flexibility index (Phi) is 6.47. The van der Waals surface area contributed by atoms with Crippen molar-refractivity contribution in [3.8, 4) is 0 Å². The van der Waals surface area contributed by atoms with E-state index in [1.807, 2.05) is 28.4 Å². The van der Waals surface area contributed by atoms with E-state index in [0.717, 1.165) is 66.9 Å². The summed E-state index contributed by atoms with van der Waals surface area (Å²) in [6.07, 6.45) is 5.46. The molecule has 6 nitrogen and oxygen atoms in total. The van der Waals surface area contributed by atoms with Crippen molar-refractivity contribution >= 4 is 39.1 Å². The second-order valence-corrected chi connectivity index (χ2v) is 11.0. The fraction of sp³-hybridized carbons (Fsp3) is 0.519. The fourth-order valence-electron chi connectivity index (χ4n) is 5.07. The van der Waals surface area contributed by atoms with Gasteiger partial charge in [0.25, 0.3) is 0 Å². The Bertz CT molecular complexity index is 1210. The van der Waals surface area contributed by atoms with Gasteiger partial charge in [0.2, 0.25) is 0 Å². The lowest BCUT2D eigenvalue weighted by Gasteiger charge is -2.36. The summed E-state index contributed by atoms with van der Waals surface area (Å²) < 4.78 is 0. The molecule has 1 atom stereocenters. The van der Waals surface area contributed by atoms with Crippen molar-refractivity contribution in [3.63, 3.8) is 0 Å². The Morgan fingerprint density at radius 3 is 2.68 bits per heavy atom. The molecule has 7 heteroatoms. The van der Waals surface area contributed by atoms with E-state index >= 15 is 0 Å². The zero-order chi connectivity index (χ0) is 23.8. The molecule has 1 aliphatic carbocycles. The zero-order valence-electron chi connectivity index (χ0n) is 20.8. The van der Waals surface area contributed by atoms with Crippen LogP contribution >= 0.6 is 11.3 Å². The molecular formula is C27H35N5OS. The summed E-state index contributed by atoms with van der Waals surface area (Å²) in [7, 11) is 0. The van der Waals surface area contributed by atoms with Crippen molar-refractivity contribution in [1.29, 1.82) is 0 Å². The number of urea groups is 1. The first-order valence-corrected chi connectivity index (χ1v) is 13.4. The Labute approximate surface area is 206 Å². The number of piperazine rings is 1.